The molecule has 0 bridgehead atoms. The molecule has 0 saturated carbocycles. The molecule has 0 radical (unpaired) electrons. The smallest absolute Gasteiger partial charge is 0.362 e. The predicted octanol–water partition coefficient (Wildman–Crippen LogP) is 5.40. The van der Waals surface area contributed by atoms with Crippen LogP contribution in [0.1, 0.15) is 45.7 Å². The largest absolute Gasteiger partial charge is 0.410 e. The van der Waals surface area contributed by atoms with E-state index in [9.17, 15) is 18.0 Å². The molecular formula is C23H20ClF3N4O. The average Bonchev–Trinajstić information content (AvgIpc) is 3.14. The zero-order valence-electron chi connectivity index (χ0n) is 16.9. The molecule has 1 amide bonds. The summed E-state index contributed by atoms with van der Waals surface area (Å²) in [5, 5.41) is 7.06. The van der Waals surface area contributed by atoms with Crippen LogP contribution < -0.4 is 5.32 Å². The average molecular weight is 461 g/mol. The van der Waals surface area contributed by atoms with Crippen LogP contribution in [0.5, 0.6) is 0 Å². The van der Waals surface area contributed by atoms with Gasteiger partial charge in [-0.3, -0.25) is 4.79 Å². The van der Waals surface area contributed by atoms with Gasteiger partial charge in [-0.15, -0.1) is 0 Å². The van der Waals surface area contributed by atoms with Gasteiger partial charge in [-0.05, 0) is 23.1 Å². The Morgan fingerprint density at radius 1 is 1.06 bits per heavy atom. The molecule has 5 rings (SSSR count). The first-order valence-corrected chi connectivity index (χ1v) is 10.7. The Balaban J connectivity index is 1.49. The van der Waals surface area contributed by atoms with Crippen LogP contribution >= 0.6 is 11.6 Å². The number of benzene rings is 2. The van der Waals surface area contributed by atoms with Crippen LogP contribution in [-0.2, 0) is 13.0 Å². The molecule has 9 heteroatoms. The maximum absolute atomic E-state index is 13.9. The van der Waals surface area contributed by atoms with E-state index in [2.05, 4.69) is 10.4 Å². The van der Waals surface area contributed by atoms with Gasteiger partial charge in [0.15, 0.2) is 11.7 Å². The minimum Gasteiger partial charge on any atom is -0.362 e. The first-order valence-electron chi connectivity index (χ1n) is 10.3. The maximum atomic E-state index is 13.9. The highest BCUT2D eigenvalue weighted by Crippen LogP contribution is 2.46. The zero-order chi connectivity index (χ0) is 22.5. The molecule has 0 fully saturated rings. The summed E-state index contributed by atoms with van der Waals surface area (Å²) in [5.74, 6) is -0.444. The molecule has 32 heavy (non-hydrogen) atoms. The highest BCUT2D eigenvalue weighted by Gasteiger charge is 2.48. The minimum atomic E-state index is -4.54. The van der Waals surface area contributed by atoms with Crippen LogP contribution in [0.2, 0.25) is 5.02 Å². The molecule has 3 aromatic rings. The number of fused-ring (bicyclic) bond motifs is 2. The molecule has 2 aliphatic rings. The van der Waals surface area contributed by atoms with Crippen molar-refractivity contribution in [2.24, 2.45) is 0 Å². The van der Waals surface area contributed by atoms with Gasteiger partial charge in [0.1, 0.15) is 10.8 Å². The third-order valence-corrected chi connectivity index (χ3v) is 6.48. The quantitative estimate of drug-likeness (QED) is 0.557. The normalized spacial score (nSPS) is 20.3. The van der Waals surface area contributed by atoms with Crippen molar-refractivity contribution in [3.8, 4) is 0 Å². The first kappa shape index (κ1) is 20.9. The summed E-state index contributed by atoms with van der Waals surface area (Å²) in [6.45, 7) is 0.827. The van der Waals surface area contributed by atoms with E-state index >= 15 is 0 Å². The summed E-state index contributed by atoms with van der Waals surface area (Å²) in [7, 11) is 0. The summed E-state index contributed by atoms with van der Waals surface area (Å²) >= 11 is 6.46. The van der Waals surface area contributed by atoms with Gasteiger partial charge >= 0.3 is 6.18 Å². The maximum Gasteiger partial charge on any atom is 0.410 e. The van der Waals surface area contributed by atoms with Crippen molar-refractivity contribution in [3.63, 3.8) is 0 Å². The van der Waals surface area contributed by atoms with Gasteiger partial charge in [0, 0.05) is 19.5 Å². The van der Waals surface area contributed by atoms with Gasteiger partial charge in [-0.25, -0.2) is 4.68 Å². The number of amides is 1. The van der Waals surface area contributed by atoms with Crippen LogP contribution in [-0.4, -0.2) is 33.3 Å². The fourth-order valence-electron chi connectivity index (χ4n) is 4.45. The molecule has 0 aliphatic carbocycles. The van der Waals surface area contributed by atoms with Gasteiger partial charge in [0.2, 0.25) is 0 Å². The molecule has 5 nitrogen and oxygen atoms in total. The van der Waals surface area contributed by atoms with Gasteiger partial charge in [-0.2, -0.15) is 18.3 Å². The van der Waals surface area contributed by atoms with E-state index in [1.165, 1.54) is 0 Å². The molecule has 2 atom stereocenters. The zero-order valence-corrected chi connectivity index (χ0v) is 17.7. The van der Waals surface area contributed by atoms with Crippen LogP contribution in [0.3, 0.4) is 0 Å². The molecule has 2 aliphatic heterocycles. The minimum absolute atomic E-state index is 0.0230. The Kier molecular flexibility index (Phi) is 5.12. The van der Waals surface area contributed by atoms with Crippen molar-refractivity contribution in [2.45, 2.75) is 37.6 Å². The molecular weight excluding hydrogens is 441 g/mol. The Morgan fingerprint density at radius 2 is 1.75 bits per heavy atom. The third-order valence-electron chi connectivity index (χ3n) is 6.12. The van der Waals surface area contributed by atoms with Crippen molar-refractivity contribution in [2.75, 3.05) is 11.9 Å². The van der Waals surface area contributed by atoms with Gasteiger partial charge in [0.05, 0.1) is 6.04 Å². The molecule has 0 unspecified atom stereocenters. The van der Waals surface area contributed by atoms with E-state index in [1.807, 2.05) is 24.3 Å². The molecule has 0 saturated heterocycles. The number of carbonyl (C=O) groups excluding carboxylic acids is 1. The first-order chi connectivity index (χ1) is 15.3. The fourth-order valence-corrected chi connectivity index (χ4v) is 4.71. The summed E-state index contributed by atoms with van der Waals surface area (Å²) in [5.41, 5.74) is 2.74. The van der Waals surface area contributed by atoms with Crippen LogP contribution in [0.4, 0.5) is 19.0 Å². The van der Waals surface area contributed by atoms with Crippen molar-refractivity contribution in [1.29, 1.82) is 0 Å². The monoisotopic (exact) mass is 460 g/mol. The lowest BCUT2D eigenvalue weighted by atomic mass is 9.97. The van der Waals surface area contributed by atoms with Crippen molar-refractivity contribution in [1.82, 2.24) is 14.7 Å². The lowest BCUT2D eigenvalue weighted by Crippen LogP contribution is -2.37. The van der Waals surface area contributed by atoms with Crippen LogP contribution in [0.15, 0.2) is 54.6 Å². The number of anilines is 1. The summed E-state index contributed by atoms with van der Waals surface area (Å²) in [4.78, 5) is 14.8. The Morgan fingerprint density at radius 3 is 2.47 bits per heavy atom. The highest BCUT2D eigenvalue weighted by molar-refractivity contribution is 6.36. The van der Waals surface area contributed by atoms with Crippen LogP contribution in [0, 0.1) is 0 Å². The SMILES string of the molecule is O=C(c1nn2c(c1Cl)N[C@H](c1ccccc1)C[C@@H]2C(F)(F)F)N1CCc2ccccc2C1. The second-order valence-electron chi connectivity index (χ2n) is 8.10. The van der Waals surface area contributed by atoms with Gasteiger partial charge in [0.25, 0.3) is 5.91 Å². The molecule has 1 aromatic heterocycles. The van der Waals surface area contributed by atoms with E-state index < -0.39 is 24.2 Å². The molecule has 3 heterocycles. The molecule has 0 spiro atoms. The standard InChI is InChI=1S/C23H20ClF3N4O/c24-19-20(22(32)30-11-10-14-6-4-5-9-16(14)13-30)29-31-18(23(25,26)27)12-17(28-21(19)31)15-7-2-1-3-8-15/h1-9,17-18,28H,10-13H2/t17-,18+/m0/s1. The number of hydrogen-bond donors (Lipinski definition) is 1. The lowest BCUT2D eigenvalue weighted by molar-refractivity contribution is -0.173. The number of nitrogens with one attached hydrogen (secondary N) is 1. The fraction of sp³-hybridized carbons (Fsp3) is 0.304. The van der Waals surface area contributed by atoms with E-state index in [1.54, 1.807) is 35.2 Å². The Hall–Kier alpha value is -3.00. The molecule has 166 valence electrons. The number of nitrogens with zero attached hydrogens (tertiary/aromatic N) is 3. The van der Waals surface area contributed by atoms with Crippen molar-refractivity contribution >= 4 is 23.3 Å². The third kappa shape index (κ3) is 3.62. The number of carbonyl (C=O) groups is 1. The van der Waals surface area contributed by atoms with E-state index in [0.29, 0.717) is 25.1 Å². The predicted molar refractivity (Wildman–Crippen MR) is 115 cm³/mol. The van der Waals surface area contributed by atoms with E-state index in [4.69, 9.17) is 11.6 Å². The Labute approximate surface area is 187 Å². The van der Waals surface area contributed by atoms with Gasteiger partial charge in [-0.1, -0.05) is 66.2 Å². The number of halogens is 4. The summed E-state index contributed by atoms with van der Waals surface area (Å²) in [6, 6.07) is 14.2. The van der Waals surface area contributed by atoms with Crippen molar-refractivity contribution < 1.29 is 18.0 Å². The van der Waals surface area contributed by atoms with Gasteiger partial charge < -0.3 is 10.2 Å². The second kappa shape index (κ2) is 7.85. The van der Waals surface area contributed by atoms with Crippen molar-refractivity contribution in [3.05, 3.63) is 82.0 Å². The lowest BCUT2D eigenvalue weighted by Gasteiger charge is -2.33. The topological polar surface area (TPSA) is 50.2 Å². The molecule has 1 N–H and O–H groups in total. The number of aromatic nitrogens is 2. The van der Waals surface area contributed by atoms with Crippen LogP contribution in [0.25, 0.3) is 0 Å². The van der Waals surface area contributed by atoms with E-state index in [-0.39, 0.29) is 23.0 Å². The highest BCUT2D eigenvalue weighted by atomic mass is 35.5. The number of alkyl halides is 3. The second-order valence-corrected chi connectivity index (χ2v) is 8.48. The number of rotatable bonds is 2. The Bertz CT molecular complexity index is 1160. The molecule has 2 aromatic carbocycles. The summed E-state index contributed by atoms with van der Waals surface area (Å²) < 4.78 is 42.7. The number of hydrogen-bond acceptors (Lipinski definition) is 3. The summed E-state index contributed by atoms with van der Waals surface area (Å²) in [6.07, 6.45) is -4.11. The van der Waals surface area contributed by atoms with E-state index in [0.717, 1.165) is 15.8 Å².